The summed E-state index contributed by atoms with van der Waals surface area (Å²) in [6.07, 6.45) is 3.58. The number of carbonyl (C=O) groups excluding carboxylic acids is 3. The number of pyridine rings is 1. The van der Waals surface area contributed by atoms with Gasteiger partial charge in [0.25, 0.3) is 11.8 Å². The first-order valence-corrected chi connectivity index (χ1v) is 15.7. The molecule has 2 fully saturated rings. The molecule has 4 rings (SSSR count). The van der Waals surface area contributed by atoms with Crippen LogP contribution in [-0.2, 0) is 24.4 Å². The molecule has 3 N–H and O–H groups in total. The number of hydrogen-bond donors (Lipinski definition) is 2. The molecule has 11 nitrogen and oxygen atoms in total. The van der Waals surface area contributed by atoms with E-state index in [4.69, 9.17) is 16.7 Å². The van der Waals surface area contributed by atoms with Crippen LogP contribution >= 0.6 is 11.6 Å². The number of anilines is 2. The number of carbonyl (C=O) groups is 3. The number of nitrogens with one attached hydrogen (secondary N) is 1. The van der Waals surface area contributed by atoms with Crippen LogP contribution in [0.15, 0.2) is 76.8 Å². The van der Waals surface area contributed by atoms with Gasteiger partial charge in [0.2, 0.25) is 21.8 Å². The average Bonchev–Trinajstić information content (AvgIpc) is 3.37. The number of halogens is 4. The molecule has 1 aromatic carbocycles. The lowest BCUT2D eigenvalue weighted by Crippen LogP contribution is -2.59. The smallest absolute Gasteiger partial charge is 0.252 e. The fraction of sp³-hybridized carbons (Fsp3) is 0.300. The summed E-state index contributed by atoms with van der Waals surface area (Å²) < 4.78 is 67.0. The van der Waals surface area contributed by atoms with Gasteiger partial charge in [-0.25, -0.2) is 31.7 Å². The second-order valence-corrected chi connectivity index (χ2v) is 12.6. The van der Waals surface area contributed by atoms with Crippen LogP contribution in [0.3, 0.4) is 0 Å². The molecule has 2 heterocycles. The number of benzene rings is 1. The minimum absolute atomic E-state index is 0.0599. The van der Waals surface area contributed by atoms with Crippen LogP contribution < -0.4 is 20.3 Å². The van der Waals surface area contributed by atoms with Crippen molar-refractivity contribution in [3.8, 4) is 6.07 Å². The van der Waals surface area contributed by atoms with Crippen LogP contribution in [0.25, 0.3) is 0 Å². The number of nitrogens with two attached hydrogens (primary N) is 1. The van der Waals surface area contributed by atoms with E-state index in [2.05, 4.69) is 16.9 Å². The summed E-state index contributed by atoms with van der Waals surface area (Å²) in [5, 5.41) is 17.0. The molecule has 1 saturated carbocycles. The maximum absolute atomic E-state index is 15.0. The molecule has 46 heavy (non-hydrogen) atoms. The van der Waals surface area contributed by atoms with Crippen molar-refractivity contribution in [3.05, 3.63) is 83.3 Å². The van der Waals surface area contributed by atoms with Crippen LogP contribution in [0.1, 0.15) is 38.2 Å². The third-order valence-electron chi connectivity index (χ3n) is 7.36. The van der Waals surface area contributed by atoms with Crippen molar-refractivity contribution in [1.82, 2.24) is 10.3 Å². The van der Waals surface area contributed by atoms with Gasteiger partial charge in [0.05, 0.1) is 16.5 Å². The molecule has 1 aromatic heterocycles. The molecule has 0 bridgehead atoms. The summed E-state index contributed by atoms with van der Waals surface area (Å²) in [5.74, 6) is -6.80. The van der Waals surface area contributed by atoms with Crippen molar-refractivity contribution in [2.45, 2.75) is 61.6 Å². The van der Waals surface area contributed by atoms with Crippen LogP contribution in [0.4, 0.5) is 24.7 Å². The number of allylic oxidation sites excluding steroid dienone is 3. The Labute approximate surface area is 267 Å². The Morgan fingerprint density at radius 2 is 2.00 bits per heavy atom. The Kier molecular flexibility index (Phi) is 10.0. The monoisotopic (exact) mass is 676 g/mol. The lowest BCUT2D eigenvalue weighted by atomic mass is 9.87. The van der Waals surface area contributed by atoms with E-state index in [0.717, 1.165) is 28.0 Å². The molecular weight excluding hydrogens is 649 g/mol. The number of primary sulfonamides is 1. The molecule has 0 spiro atoms. The standard InChI is InChI=1S/C30H28ClF3N6O5S/c1-3-5-22(23(31)4-2)27(28(42)38-19-14-30(33,34)15-19)39(20-11-18(32)12-21(13-20)46(36,44)45)29(43)24-6-7-26(41)40(24)25-10-17(16-35)8-9-37-25/h3-5,8-13,19,24,27H,2,6-7,14-15H2,1H3,(H,38,42)(H2,36,44,45)/b5-3-,23-22-/t24-,27?/m0/s1. The fourth-order valence-corrected chi connectivity index (χ4v) is 6.01. The minimum atomic E-state index is -4.56. The minimum Gasteiger partial charge on any atom is -0.351 e. The SMILES string of the molecule is C=C/C(Cl)=C(\C=C/C)C(C(=O)NC1CC(F)(F)C1)N(C(=O)[C@@H]1CCC(=O)N1c1cc(C#N)ccn1)c1cc(F)cc(S(N)(=O)=O)c1. The molecule has 242 valence electrons. The molecule has 2 aromatic rings. The zero-order valence-corrected chi connectivity index (χ0v) is 25.9. The first kappa shape index (κ1) is 34.4. The quantitative estimate of drug-likeness (QED) is 0.361. The van der Waals surface area contributed by atoms with Crippen molar-refractivity contribution in [2.75, 3.05) is 9.80 Å². The fourth-order valence-electron chi connectivity index (χ4n) is 5.28. The number of sulfonamides is 1. The molecule has 1 aliphatic heterocycles. The summed E-state index contributed by atoms with van der Waals surface area (Å²) in [6, 6.07) is 2.59. The highest BCUT2D eigenvalue weighted by molar-refractivity contribution is 7.89. The van der Waals surface area contributed by atoms with Crippen LogP contribution in [0.5, 0.6) is 0 Å². The van der Waals surface area contributed by atoms with Gasteiger partial charge in [-0.3, -0.25) is 24.2 Å². The molecular formula is C30H28ClF3N6O5S. The first-order valence-electron chi connectivity index (χ1n) is 13.8. The summed E-state index contributed by atoms with van der Waals surface area (Å²) in [6.45, 7) is 5.17. The number of aromatic nitrogens is 1. The molecule has 1 unspecified atom stereocenters. The summed E-state index contributed by atoms with van der Waals surface area (Å²) in [4.78, 5) is 46.9. The van der Waals surface area contributed by atoms with Gasteiger partial charge in [0, 0.05) is 47.8 Å². The number of amides is 3. The molecule has 3 amide bonds. The largest absolute Gasteiger partial charge is 0.351 e. The molecule has 2 aliphatic rings. The first-order chi connectivity index (χ1) is 21.6. The van der Waals surface area contributed by atoms with E-state index in [0.29, 0.717) is 6.07 Å². The Morgan fingerprint density at radius 1 is 1.30 bits per heavy atom. The zero-order chi connectivity index (χ0) is 34.0. The lowest BCUT2D eigenvalue weighted by Gasteiger charge is -2.39. The second kappa shape index (κ2) is 13.5. The van der Waals surface area contributed by atoms with Gasteiger partial charge in [0.1, 0.15) is 23.7 Å². The Hall–Kier alpha value is -4.52. The highest BCUT2D eigenvalue weighted by Gasteiger charge is 2.49. The van der Waals surface area contributed by atoms with Crippen molar-refractivity contribution >= 4 is 50.9 Å². The Morgan fingerprint density at radius 3 is 2.59 bits per heavy atom. The molecule has 16 heteroatoms. The number of nitrogens with zero attached hydrogens (tertiary/aromatic N) is 4. The average molecular weight is 677 g/mol. The number of alkyl halides is 2. The van der Waals surface area contributed by atoms with Gasteiger partial charge in [-0.05, 0) is 43.7 Å². The van der Waals surface area contributed by atoms with Gasteiger partial charge in [0.15, 0.2) is 0 Å². The Balaban J connectivity index is 1.96. The van der Waals surface area contributed by atoms with Gasteiger partial charge in [-0.15, -0.1) is 0 Å². The molecule has 0 radical (unpaired) electrons. The highest BCUT2D eigenvalue weighted by atomic mass is 35.5. The third kappa shape index (κ3) is 7.30. The predicted molar refractivity (Wildman–Crippen MR) is 163 cm³/mol. The van der Waals surface area contributed by atoms with E-state index >= 15 is 4.39 Å². The van der Waals surface area contributed by atoms with Crippen LogP contribution in [-0.4, -0.2) is 55.2 Å². The van der Waals surface area contributed by atoms with Crippen LogP contribution in [0, 0.1) is 17.1 Å². The van der Waals surface area contributed by atoms with Crippen molar-refractivity contribution < 1.29 is 36.0 Å². The van der Waals surface area contributed by atoms with Crippen molar-refractivity contribution in [1.29, 1.82) is 5.26 Å². The second-order valence-electron chi connectivity index (χ2n) is 10.6. The molecule has 1 aliphatic carbocycles. The third-order valence-corrected chi connectivity index (χ3v) is 8.62. The predicted octanol–water partition coefficient (Wildman–Crippen LogP) is 3.81. The summed E-state index contributed by atoms with van der Waals surface area (Å²) in [7, 11) is -4.56. The van der Waals surface area contributed by atoms with Gasteiger partial charge < -0.3 is 5.32 Å². The van der Waals surface area contributed by atoms with E-state index in [9.17, 15) is 36.8 Å². The van der Waals surface area contributed by atoms with E-state index in [-0.39, 0.29) is 34.8 Å². The lowest BCUT2D eigenvalue weighted by molar-refractivity contribution is -0.132. The van der Waals surface area contributed by atoms with E-state index in [1.165, 1.54) is 30.5 Å². The number of rotatable bonds is 10. The van der Waals surface area contributed by atoms with Crippen molar-refractivity contribution in [3.63, 3.8) is 0 Å². The highest BCUT2D eigenvalue weighted by Crippen LogP contribution is 2.38. The van der Waals surface area contributed by atoms with Gasteiger partial charge >= 0.3 is 0 Å². The number of nitriles is 1. The zero-order valence-electron chi connectivity index (χ0n) is 24.3. The van der Waals surface area contributed by atoms with Crippen LogP contribution in [0.2, 0.25) is 0 Å². The van der Waals surface area contributed by atoms with Gasteiger partial charge in [-0.1, -0.05) is 36.4 Å². The van der Waals surface area contributed by atoms with Crippen molar-refractivity contribution in [2.24, 2.45) is 5.14 Å². The van der Waals surface area contributed by atoms with E-state index < -0.39 is 81.0 Å². The normalized spacial score (nSPS) is 19.2. The molecule has 2 atom stereocenters. The molecule has 1 saturated heterocycles. The maximum Gasteiger partial charge on any atom is 0.252 e. The summed E-state index contributed by atoms with van der Waals surface area (Å²) in [5.41, 5.74) is -0.430. The summed E-state index contributed by atoms with van der Waals surface area (Å²) >= 11 is 6.47. The van der Waals surface area contributed by atoms with E-state index in [1.807, 2.05) is 6.07 Å². The van der Waals surface area contributed by atoms with Gasteiger partial charge in [-0.2, -0.15) is 5.26 Å². The Bertz CT molecular complexity index is 1800. The maximum atomic E-state index is 15.0. The van der Waals surface area contributed by atoms with E-state index in [1.54, 1.807) is 6.92 Å². The number of hydrogen-bond acceptors (Lipinski definition) is 7. The topological polar surface area (TPSA) is 167 Å².